The average Bonchev–Trinajstić information content (AvgIpc) is 3.17. The predicted molar refractivity (Wildman–Crippen MR) is 120 cm³/mol. The van der Waals surface area contributed by atoms with Crippen molar-refractivity contribution in [3.8, 4) is 11.5 Å². The molecule has 5 rings (SSSR count). The number of hydrogen-bond acceptors (Lipinski definition) is 6. The molecule has 2 aromatic carbocycles. The van der Waals surface area contributed by atoms with Crippen LogP contribution in [0.5, 0.6) is 11.5 Å². The average molecular weight is 468 g/mol. The lowest BCUT2D eigenvalue weighted by Crippen LogP contribution is -2.44. The lowest BCUT2D eigenvalue weighted by molar-refractivity contribution is -0.126. The second-order valence-electron chi connectivity index (χ2n) is 8.45. The van der Waals surface area contributed by atoms with Crippen LogP contribution >= 0.6 is 0 Å². The molecule has 33 heavy (non-hydrogen) atoms. The Morgan fingerprint density at radius 3 is 2.12 bits per heavy atom. The second-order valence-corrected chi connectivity index (χ2v) is 10.3. The number of ether oxygens (including phenoxy) is 1. The Labute approximate surface area is 192 Å². The van der Waals surface area contributed by atoms with Gasteiger partial charge in [-0.1, -0.05) is 41.6 Å². The molecule has 2 aliphatic rings. The number of aryl methyl sites for hydroxylation is 2. The van der Waals surface area contributed by atoms with Crippen LogP contribution in [0.25, 0.3) is 0 Å². The van der Waals surface area contributed by atoms with Gasteiger partial charge in [0.2, 0.25) is 15.9 Å². The quantitative estimate of drug-likeness (QED) is 0.628. The zero-order valence-corrected chi connectivity index (χ0v) is 19.3. The number of carbonyl (C=O) groups is 1. The summed E-state index contributed by atoms with van der Waals surface area (Å²) < 4.78 is 38.6. The highest BCUT2D eigenvalue weighted by molar-refractivity contribution is 7.89. The highest BCUT2D eigenvalue weighted by atomic mass is 32.2. The van der Waals surface area contributed by atoms with Gasteiger partial charge in [0.25, 0.3) is 0 Å². The Morgan fingerprint density at radius 1 is 1.00 bits per heavy atom. The molecule has 172 valence electrons. The molecule has 0 spiro atoms. The van der Waals surface area contributed by atoms with Gasteiger partial charge in [-0.2, -0.15) is 4.31 Å². The SMILES string of the molecule is Cc1noc(C)c1S(=O)(=O)N1CCC(C(=O)NC2c3ccccc3Oc3ccccc32)CC1. The highest BCUT2D eigenvalue weighted by Gasteiger charge is 2.37. The van der Waals surface area contributed by atoms with Crippen molar-refractivity contribution in [2.45, 2.75) is 37.6 Å². The van der Waals surface area contributed by atoms with Crippen molar-refractivity contribution in [3.05, 3.63) is 71.1 Å². The van der Waals surface area contributed by atoms with E-state index in [9.17, 15) is 13.2 Å². The fraction of sp³-hybridized carbons (Fsp3) is 0.333. The van der Waals surface area contributed by atoms with E-state index in [-0.39, 0.29) is 41.6 Å². The molecule has 0 aliphatic carbocycles. The van der Waals surface area contributed by atoms with Gasteiger partial charge >= 0.3 is 0 Å². The van der Waals surface area contributed by atoms with Gasteiger partial charge in [0.05, 0.1) is 6.04 Å². The van der Waals surface area contributed by atoms with Gasteiger partial charge in [-0.05, 0) is 38.8 Å². The van der Waals surface area contributed by atoms with Gasteiger partial charge in [-0.3, -0.25) is 4.79 Å². The second kappa shape index (κ2) is 8.31. The molecule has 3 aromatic rings. The molecule has 2 aliphatic heterocycles. The maximum Gasteiger partial charge on any atom is 0.248 e. The van der Waals surface area contributed by atoms with E-state index in [4.69, 9.17) is 9.26 Å². The molecule has 9 heteroatoms. The van der Waals surface area contributed by atoms with E-state index in [0.717, 1.165) is 22.6 Å². The van der Waals surface area contributed by atoms with Crippen LogP contribution in [-0.4, -0.2) is 36.9 Å². The summed E-state index contributed by atoms with van der Waals surface area (Å²) >= 11 is 0. The summed E-state index contributed by atoms with van der Waals surface area (Å²) in [6.45, 7) is 3.75. The number of sulfonamides is 1. The number of nitrogens with zero attached hydrogens (tertiary/aromatic N) is 2. The van der Waals surface area contributed by atoms with E-state index in [1.54, 1.807) is 13.8 Å². The Hall–Kier alpha value is -3.17. The number of para-hydroxylation sites is 2. The molecule has 1 amide bonds. The minimum Gasteiger partial charge on any atom is -0.457 e. The minimum absolute atomic E-state index is 0.0825. The van der Waals surface area contributed by atoms with Crippen LogP contribution in [0.15, 0.2) is 57.9 Å². The number of rotatable bonds is 4. The van der Waals surface area contributed by atoms with Crippen molar-refractivity contribution in [1.29, 1.82) is 0 Å². The van der Waals surface area contributed by atoms with Crippen LogP contribution in [0.4, 0.5) is 0 Å². The summed E-state index contributed by atoms with van der Waals surface area (Å²) in [5.41, 5.74) is 2.16. The van der Waals surface area contributed by atoms with E-state index in [1.807, 2.05) is 48.5 Å². The lowest BCUT2D eigenvalue weighted by atomic mass is 9.92. The fourth-order valence-corrected chi connectivity index (χ4v) is 6.42. The molecule has 0 bridgehead atoms. The zero-order valence-electron chi connectivity index (χ0n) is 18.4. The van der Waals surface area contributed by atoms with Gasteiger partial charge < -0.3 is 14.6 Å². The molecule has 1 N–H and O–H groups in total. The van der Waals surface area contributed by atoms with E-state index in [1.165, 1.54) is 4.31 Å². The van der Waals surface area contributed by atoms with Crippen LogP contribution in [-0.2, 0) is 14.8 Å². The Morgan fingerprint density at radius 2 is 1.58 bits per heavy atom. The maximum atomic E-state index is 13.2. The predicted octanol–water partition coefficient (Wildman–Crippen LogP) is 3.70. The summed E-state index contributed by atoms with van der Waals surface area (Å²) in [6, 6.07) is 15.0. The molecule has 0 radical (unpaired) electrons. The summed E-state index contributed by atoms with van der Waals surface area (Å²) in [6.07, 6.45) is 0.891. The number of carbonyl (C=O) groups excluding carboxylic acids is 1. The van der Waals surface area contributed by atoms with Crippen LogP contribution in [0.1, 0.15) is 41.5 Å². The normalized spacial score (nSPS) is 17.2. The standard InChI is InChI=1S/C24H25N3O5S/c1-15-23(16(2)32-26-15)33(29,30)27-13-11-17(12-14-27)24(28)25-22-18-7-3-5-9-20(18)31-21-10-6-4-8-19(21)22/h3-10,17,22H,11-14H2,1-2H3,(H,25,28). The van der Waals surface area contributed by atoms with Crippen molar-refractivity contribution >= 4 is 15.9 Å². The third-order valence-corrected chi connectivity index (χ3v) is 8.50. The first-order chi connectivity index (χ1) is 15.9. The topological polar surface area (TPSA) is 102 Å². The number of nitrogens with one attached hydrogen (secondary N) is 1. The summed E-state index contributed by atoms with van der Waals surface area (Å²) in [5, 5.41) is 6.96. The van der Waals surface area contributed by atoms with E-state index < -0.39 is 10.0 Å². The molecule has 0 saturated carbocycles. The smallest absolute Gasteiger partial charge is 0.248 e. The van der Waals surface area contributed by atoms with Crippen molar-refractivity contribution in [1.82, 2.24) is 14.8 Å². The van der Waals surface area contributed by atoms with Gasteiger partial charge in [0.15, 0.2) is 5.76 Å². The number of benzene rings is 2. The molecule has 1 fully saturated rings. The Balaban J connectivity index is 1.31. The Bertz CT molecular complexity index is 1240. The largest absolute Gasteiger partial charge is 0.457 e. The van der Waals surface area contributed by atoms with Crippen LogP contribution in [0.2, 0.25) is 0 Å². The van der Waals surface area contributed by atoms with Crippen molar-refractivity contribution < 1.29 is 22.5 Å². The van der Waals surface area contributed by atoms with Gasteiger partial charge in [0.1, 0.15) is 22.1 Å². The highest BCUT2D eigenvalue weighted by Crippen LogP contribution is 2.42. The van der Waals surface area contributed by atoms with E-state index in [2.05, 4.69) is 10.5 Å². The Kier molecular flexibility index (Phi) is 5.46. The monoisotopic (exact) mass is 467 g/mol. The van der Waals surface area contributed by atoms with Crippen LogP contribution in [0.3, 0.4) is 0 Å². The van der Waals surface area contributed by atoms with Crippen molar-refractivity contribution in [3.63, 3.8) is 0 Å². The van der Waals surface area contributed by atoms with Crippen molar-refractivity contribution in [2.75, 3.05) is 13.1 Å². The molecular formula is C24H25N3O5S. The first-order valence-corrected chi connectivity index (χ1v) is 12.4. The molecule has 3 heterocycles. The molecule has 0 atom stereocenters. The minimum atomic E-state index is -3.71. The summed E-state index contributed by atoms with van der Waals surface area (Å²) in [4.78, 5) is 13.4. The number of hydrogen-bond donors (Lipinski definition) is 1. The third kappa shape index (κ3) is 3.81. The summed E-state index contributed by atoms with van der Waals surface area (Å²) in [7, 11) is -3.71. The van der Waals surface area contributed by atoms with E-state index in [0.29, 0.717) is 18.5 Å². The zero-order chi connectivity index (χ0) is 23.2. The van der Waals surface area contributed by atoms with Gasteiger partial charge in [-0.15, -0.1) is 0 Å². The molecular weight excluding hydrogens is 442 g/mol. The lowest BCUT2D eigenvalue weighted by Gasteiger charge is -2.33. The first-order valence-electron chi connectivity index (χ1n) is 11.0. The maximum absolute atomic E-state index is 13.2. The van der Waals surface area contributed by atoms with Crippen molar-refractivity contribution in [2.24, 2.45) is 5.92 Å². The molecule has 8 nitrogen and oxygen atoms in total. The number of aromatic nitrogens is 1. The van der Waals surface area contributed by atoms with E-state index >= 15 is 0 Å². The van der Waals surface area contributed by atoms with Gasteiger partial charge in [0, 0.05) is 30.1 Å². The number of amides is 1. The first kappa shape index (κ1) is 21.7. The third-order valence-electron chi connectivity index (χ3n) is 6.36. The number of fused-ring (bicyclic) bond motifs is 2. The van der Waals surface area contributed by atoms with Crippen LogP contribution < -0.4 is 10.1 Å². The molecule has 0 unspecified atom stereocenters. The fourth-order valence-electron chi connectivity index (χ4n) is 4.66. The van der Waals surface area contributed by atoms with Crippen LogP contribution in [0, 0.1) is 19.8 Å². The summed E-state index contributed by atoms with van der Waals surface area (Å²) in [5.74, 6) is 1.37. The number of piperidine rings is 1. The molecule has 1 saturated heterocycles. The molecule has 1 aromatic heterocycles. The van der Waals surface area contributed by atoms with Gasteiger partial charge in [-0.25, -0.2) is 8.42 Å².